The summed E-state index contributed by atoms with van der Waals surface area (Å²) >= 11 is 5.25. The fraction of sp³-hybridized carbons (Fsp3) is 0.111. The van der Waals surface area contributed by atoms with Gasteiger partial charge in [0.1, 0.15) is 5.88 Å². The Balaban J connectivity index is 2.45. The number of carbonyl (C=O) groups excluding carboxylic acids is 1. The number of hydrogen-bond acceptors (Lipinski definition) is 2. The van der Waals surface area contributed by atoms with Crippen molar-refractivity contribution in [1.82, 2.24) is 5.43 Å². The second kappa shape index (κ2) is 5.32. The summed E-state index contributed by atoms with van der Waals surface area (Å²) in [5, 5.41) is 3.70. The van der Waals surface area contributed by atoms with Crippen LogP contribution in [0.1, 0.15) is 5.56 Å². The number of alkyl halides is 1. The highest BCUT2D eigenvalue weighted by Gasteiger charge is 1.92. The largest absolute Gasteiger partial charge is 0.272 e. The van der Waals surface area contributed by atoms with Crippen LogP contribution in [-0.2, 0) is 4.79 Å². The number of hydrazone groups is 1. The third-order valence-corrected chi connectivity index (χ3v) is 1.57. The first-order valence-corrected chi connectivity index (χ1v) is 4.29. The number of rotatable bonds is 3. The highest BCUT2D eigenvalue weighted by molar-refractivity contribution is 6.27. The molecule has 0 radical (unpaired) electrons. The number of benzene rings is 1. The molecule has 0 heterocycles. The van der Waals surface area contributed by atoms with Gasteiger partial charge < -0.3 is 0 Å². The second-order valence-electron chi connectivity index (χ2n) is 2.34. The van der Waals surface area contributed by atoms with Gasteiger partial charge in [0.05, 0.1) is 6.21 Å². The van der Waals surface area contributed by atoms with Crippen LogP contribution in [0.5, 0.6) is 0 Å². The van der Waals surface area contributed by atoms with Crippen molar-refractivity contribution in [3.63, 3.8) is 0 Å². The van der Waals surface area contributed by atoms with Crippen molar-refractivity contribution >= 4 is 23.7 Å². The van der Waals surface area contributed by atoms with Gasteiger partial charge in [-0.25, -0.2) is 5.43 Å². The van der Waals surface area contributed by atoms with E-state index in [-0.39, 0.29) is 11.8 Å². The highest BCUT2D eigenvalue weighted by Crippen LogP contribution is 1.92. The lowest BCUT2D eigenvalue weighted by molar-refractivity contribution is -0.118. The van der Waals surface area contributed by atoms with Crippen molar-refractivity contribution in [3.05, 3.63) is 35.9 Å². The summed E-state index contributed by atoms with van der Waals surface area (Å²) in [7, 11) is 0. The first-order valence-electron chi connectivity index (χ1n) is 3.76. The van der Waals surface area contributed by atoms with E-state index in [1.807, 2.05) is 30.3 Å². The van der Waals surface area contributed by atoms with Crippen LogP contribution in [0.25, 0.3) is 0 Å². The van der Waals surface area contributed by atoms with Gasteiger partial charge in [0.25, 0.3) is 5.91 Å². The van der Waals surface area contributed by atoms with E-state index in [1.165, 1.54) is 0 Å². The van der Waals surface area contributed by atoms with Gasteiger partial charge in [0, 0.05) is 0 Å². The Hall–Kier alpha value is -1.35. The maximum absolute atomic E-state index is 10.6. The molecule has 3 nitrogen and oxygen atoms in total. The van der Waals surface area contributed by atoms with E-state index < -0.39 is 0 Å². The Morgan fingerprint density at radius 3 is 2.77 bits per heavy atom. The fourth-order valence-electron chi connectivity index (χ4n) is 0.748. The molecule has 0 saturated carbocycles. The monoisotopic (exact) mass is 196 g/mol. The zero-order chi connectivity index (χ0) is 9.52. The molecule has 0 unspecified atom stereocenters. The van der Waals surface area contributed by atoms with Gasteiger partial charge in [0.15, 0.2) is 0 Å². The lowest BCUT2D eigenvalue weighted by Gasteiger charge is -1.93. The Bertz CT molecular complexity index is 298. The van der Waals surface area contributed by atoms with Gasteiger partial charge >= 0.3 is 0 Å². The number of nitrogens with one attached hydrogen (secondary N) is 1. The third-order valence-electron chi connectivity index (χ3n) is 1.32. The minimum atomic E-state index is -0.311. The average Bonchev–Trinajstić information content (AvgIpc) is 2.19. The summed E-state index contributed by atoms with van der Waals surface area (Å²) in [4.78, 5) is 10.6. The lowest BCUT2D eigenvalue weighted by Crippen LogP contribution is -2.18. The predicted molar refractivity (Wildman–Crippen MR) is 52.9 cm³/mol. The molecule has 13 heavy (non-hydrogen) atoms. The van der Waals surface area contributed by atoms with Gasteiger partial charge in [0.2, 0.25) is 0 Å². The van der Waals surface area contributed by atoms with Gasteiger partial charge in [-0.15, -0.1) is 11.6 Å². The van der Waals surface area contributed by atoms with E-state index in [4.69, 9.17) is 11.6 Å². The van der Waals surface area contributed by atoms with E-state index in [0.29, 0.717) is 0 Å². The molecule has 1 rings (SSSR count). The molecule has 0 spiro atoms. The molecule has 0 aromatic heterocycles. The zero-order valence-electron chi connectivity index (χ0n) is 6.90. The van der Waals surface area contributed by atoms with Crippen molar-refractivity contribution < 1.29 is 4.79 Å². The molecular weight excluding hydrogens is 188 g/mol. The summed E-state index contributed by atoms with van der Waals surface area (Å²) in [6, 6.07) is 9.47. The predicted octanol–water partition coefficient (Wildman–Crippen LogP) is 1.38. The molecular formula is C9H9ClN2O. The number of carbonyl (C=O) groups is 1. The van der Waals surface area contributed by atoms with Crippen LogP contribution in [0.15, 0.2) is 35.4 Å². The smallest absolute Gasteiger partial charge is 0.254 e. The van der Waals surface area contributed by atoms with Crippen LogP contribution < -0.4 is 5.43 Å². The SMILES string of the molecule is O=C(CCl)N/N=C\c1ccccc1. The van der Waals surface area contributed by atoms with E-state index in [1.54, 1.807) is 6.21 Å². The molecule has 68 valence electrons. The van der Waals surface area contributed by atoms with E-state index >= 15 is 0 Å². The summed E-state index contributed by atoms with van der Waals surface area (Å²) in [6.07, 6.45) is 1.56. The molecule has 1 N–H and O–H groups in total. The minimum Gasteiger partial charge on any atom is -0.272 e. The number of nitrogens with zero attached hydrogens (tertiary/aromatic N) is 1. The van der Waals surface area contributed by atoms with Gasteiger partial charge in [-0.1, -0.05) is 30.3 Å². The normalized spacial score (nSPS) is 10.2. The molecule has 0 aliphatic carbocycles. The summed E-state index contributed by atoms with van der Waals surface area (Å²) in [5.41, 5.74) is 3.21. The Morgan fingerprint density at radius 1 is 1.46 bits per heavy atom. The minimum absolute atomic E-state index is 0.0773. The lowest BCUT2D eigenvalue weighted by atomic mass is 10.2. The van der Waals surface area contributed by atoms with E-state index in [2.05, 4.69) is 10.5 Å². The highest BCUT2D eigenvalue weighted by atomic mass is 35.5. The van der Waals surface area contributed by atoms with Gasteiger partial charge in [-0.3, -0.25) is 4.79 Å². The molecule has 0 fully saturated rings. The van der Waals surface area contributed by atoms with Crippen molar-refractivity contribution in [1.29, 1.82) is 0 Å². The van der Waals surface area contributed by atoms with Gasteiger partial charge in [-0.05, 0) is 5.56 Å². The summed E-state index contributed by atoms with van der Waals surface area (Å²) in [6.45, 7) is 0. The topological polar surface area (TPSA) is 41.5 Å². The summed E-state index contributed by atoms with van der Waals surface area (Å²) < 4.78 is 0. The fourth-order valence-corrected chi connectivity index (χ4v) is 0.808. The van der Waals surface area contributed by atoms with Crippen LogP contribution >= 0.6 is 11.6 Å². The van der Waals surface area contributed by atoms with Crippen LogP contribution in [-0.4, -0.2) is 18.0 Å². The van der Waals surface area contributed by atoms with Crippen LogP contribution in [0.2, 0.25) is 0 Å². The standard InChI is InChI=1S/C9H9ClN2O/c10-6-9(13)12-11-7-8-4-2-1-3-5-8/h1-5,7H,6H2,(H,12,13)/b11-7-. The number of hydrogen-bond donors (Lipinski definition) is 1. The average molecular weight is 197 g/mol. The van der Waals surface area contributed by atoms with Crippen molar-refractivity contribution in [2.24, 2.45) is 5.10 Å². The van der Waals surface area contributed by atoms with Crippen molar-refractivity contribution in [2.75, 3.05) is 5.88 Å². The first-order chi connectivity index (χ1) is 6.33. The summed E-state index contributed by atoms with van der Waals surface area (Å²) in [5.74, 6) is -0.389. The van der Waals surface area contributed by atoms with Crippen LogP contribution in [0.3, 0.4) is 0 Å². The van der Waals surface area contributed by atoms with E-state index in [0.717, 1.165) is 5.56 Å². The Kier molecular flexibility index (Phi) is 3.99. The van der Waals surface area contributed by atoms with E-state index in [9.17, 15) is 4.79 Å². The molecule has 0 aliphatic rings. The zero-order valence-corrected chi connectivity index (χ0v) is 7.66. The van der Waals surface area contributed by atoms with Crippen LogP contribution in [0, 0.1) is 0 Å². The molecule has 1 amide bonds. The molecule has 0 atom stereocenters. The van der Waals surface area contributed by atoms with Crippen LogP contribution in [0.4, 0.5) is 0 Å². The maximum atomic E-state index is 10.6. The third kappa shape index (κ3) is 3.71. The quantitative estimate of drug-likeness (QED) is 0.443. The maximum Gasteiger partial charge on any atom is 0.254 e. The van der Waals surface area contributed by atoms with Gasteiger partial charge in [-0.2, -0.15) is 5.10 Å². The molecule has 0 bridgehead atoms. The molecule has 1 aromatic carbocycles. The van der Waals surface area contributed by atoms with Crippen molar-refractivity contribution in [2.45, 2.75) is 0 Å². The Labute approximate surface area is 81.4 Å². The molecule has 0 saturated heterocycles. The molecule has 4 heteroatoms. The molecule has 0 aliphatic heterocycles. The number of halogens is 1. The first kappa shape index (κ1) is 9.74. The van der Waals surface area contributed by atoms with Crippen molar-refractivity contribution in [3.8, 4) is 0 Å². The molecule has 1 aromatic rings. The Morgan fingerprint density at radius 2 is 2.15 bits per heavy atom. The second-order valence-corrected chi connectivity index (χ2v) is 2.60. The number of amides is 1.